The van der Waals surface area contributed by atoms with Gasteiger partial charge in [0, 0.05) is 142 Å². The second-order valence-electron chi connectivity index (χ2n) is 14.8. The van der Waals surface area contributed by atoms with Gasteiger partial charge < -0.3 is 49.5 Å². The molecule has 2 fully saturated rings. The van der Waals surface area contributed by atoms with E-state index in [1.54, 1.807) is 24.5 Å². The lowest BCUT2D eigenvalue weighted by Gasteiger charge is -2.37. The van der Waals surface area contributed by atoms with Crippen molar-refractivity contribution in [2.24, 2.45) is 0 Å². The van der Waals surface area contributed by atoms with Crippen molar-refractivity contribution in [3.05, 3.63) is 12.2 Å². The highest BCUT2D eigenvalue weighted by Gasteiger charge is 2.29. The molecule has 0 aromatic carbocycles. The van der Waals surface area contributed by atoms with Crippen LogP contribution in [0.4, 0.5) is 9.59 Å². The number of alkyl carbamates (subject to hydrolysis) is 1. The quantitative estimate of drug-likeness (QED) is 0.0447. The standard InChI is InChI=1S/C38H61N9O15S2/c1-60-21-5-39-37(58)61-22-24-63-64-25-23-62-38(59)46(19-20-47-31(49)2-3-32(47)50)6-4-30(48)44-15-17-45(18-16-44)33(51)26-40-7-9-41(27-34(52)53)11-13-43(29-36(56)57)14-12-42(10-8-40)28-35(54)55/h2-3H,4-29H2,1H3,(H,39,58)(H,52,53)(H,54,55)(H,56,57). The summed E-state index contributed by atoms with van der Waals surface area (Å²) in [4.78, 5) is 123. The monoisotopic (exact) mass is 947 g/mol. The lowest BCUT2D eigenvalue weighted by molar-refractivity contribution is -0.141. The zero-order chi connectivity index (χ0) is 46.9. The van der Waals surface area contributed by atoms with Crippen LogP contribution in [0.15, 0.2) is 12.2 Å². The summed E-state index contributed by atoms with van der Waals surface area (Å²) in [5.41, 5.74) is 0. The molecule has 3 aliphatic rings. The number of methoxy groups -OCH3 is 1. The van der Waals surface area contributed by atoms with Crippen molar-refractivity contribution in [3.8, 4) is 0 Å². The lowest BCUT2D eigenvalue weighted by atomic mass is 10.2. The predicted molar refractivity (Wildman–Crippen MR) is 231 cm³/mol. The van der Waals surface area contributed by atoms with E-state index >= 15 is 0 Å². The summed E-state index contributed by atoms with van der Waals surface area (Å²) in [6, 6.07) is 0. The Hall–Kier alpha value is -4.73. The van der Waals surface area contributed by atoms with Crippen LogP contribution in [0.2, 0.25) is 0 Å². The minimum absolute atomic E-state index is 0.0321. The molecule has 0 atom stereocenters. The molecule has 0 radical (unpaired) electrons. The first-order chi connectivity index (χ1) is 30.6. The molecule has 2 saturated heterocycles. The van der Waals surface area contributed by atoms with E-state index in [9.17, 15) is 58.5 Å². The normalized spacial score (nSPS) is 17.4. The molecule has 0 bridgehead atoms. The Morgan fingerprint density at radius 2 is 1.05 bits per heavy atom. The van der Waals surface area contributed by atoms with Crippen molar-refractivity contribution in [2.45, 2.75) is 6.42 Å². The number of nitrogens with zero attached hydrogens (tertiary/aromatic N) is 8. The van der Waals surface area contributed by atoms with Gasteiger partial charge in [-0.25, -0.2) is 9.59 Å². The number of rotatable bonds is 24. The molecule has 0 spiro atoms. The number of nitrogens with one attached hydrogen (secondary N) is 1. The Morgan fingerprint density at radius 3 is 1.50 bits per heavy atom. The molecule has 360 valence electrons. The molecule has 0 aliphatic carbocycles. The number of carboxylic acids is 3. The van der Waals surface area contributed by atoms with Crippen LogP contribution >= 0.6 is 21.6 Å². The molecule has 3 rings (SSSR count). The third kappa shape index (κ3) is 21.3. The Labute approximate surface area is 379 Å². The van der Waals surface area contributed by atoms with Crippen LogP contribution in [0.25, 0.3) is 0 Å². The summed E-state index contributed by atoms with van der Waals surface area (Å²) in [5, 5.41) is 31.0. The number of carbonyl (C=O) groups excluding carboxylic acids is 6. The van der Waals surface area contributed by atoms with Gasteiger partial charge >= 0.3 is 30.1 Å². The van der Waals surface area contributed by atoms with E-state index in [0.29, 0.717) is 24.7 Å². The fraction of sp³-hybridized carbons (Fsp3) is 0.711. The van der Waals surface area contributed by atoms with Gasteiger partial charge in [0.05, 0.1) is 32.8 Å². The third-order valence-electron chi connectivity index (χ3n) is 10.1. The maximum absolute atomic E-state index is 13.6. The van der Waals surface area contributed by atoms with Gasteiger partial charge in [-0.1, -0.05) is 21.6 Å². The molecule has 24 nitrogen and oxygen atoms in total. The molecular formula is C38H61N9O15S2. The van der Waals surface area contributed by atoms with Crippen molar-refractivity contribution < 1.29 is 72.7 Å². The van der Waals surface area contributed by atoms with E-state index in [4.69, 9.17) is 14.2 Å². The third-order valence-corrected chi connectivity index (χ3v) is 12.5. The van der Waals surface area contributed by atoms with Gasteiger partial charge in [0.2, 0.25) is 11.8 Å². The molecule has 0 unspecified atom stereocenters. The number of imide groups is 1. The van der Waals surface area contributed by atoms with E-state index in [2.05, 4.69) is 5.32 Å². The van der Waals surface area contributed by atoms with Gasteiger partial charge in [-0.3, -0.25) is 58.1 Å². The molecule has 6 amide bonds. The van der Waals surface area contributed by atoms with Crippen LogP contribution < -0.4 is 5.32 Å². The smallest absolute Gasteiger partial charge is 0.409 e. The van der Waals surface area contributed by atoms with Crippen LogP contribution in [0.3, 0.4) is 0 Å². The van der Waals surface area contributed by atoms with Crippen molar-refractivity contribution in [3.63, 3.8) is 0 Å². The number of carboxylic acid groups (broad SMARTS) is 3. The minimum atomic E-state index is -1.05. The molecule has 3 aliphatic heterocycles. The molecule has 3 heterocycles. The summed E-state index contributed by atoms with van der Waals surface area (Å²) in [5.74, 6) is -3.77. The Bertz CT molecular complexity index is 1570. The van der Waals surface area contributed by atoms with Crippen LogP contribution in [0.1, 0.15) is 6.42 Å². The minimum Gasteiger partial charge on any atom is -0.480 e. The van der Waals surface area contributed by atoms with Crippen molar-refractivity contribution in [2.75, 3.05) is 169 Å². The molecule has 0 aromatic heterocycles. The second-order valence-corrected chi connectivity index (χ2v) is 17.5. The first kappa shape index (κ1) is 53.6. The maximum Gasteiger partial charge on any atom is 0.409 e. The number of carbonyl (C=O) groups is 9. The van der Waals surface area contributed by atoms with Crippen molar-refractivity contribution >= 4 is 75.3 Å². The van der Waals surface area contributed by atoms with Crippen molar-refractivity contribution in [1.29, 1.82) is 0 Å². The highest BCUT2D eigenvalue weighted by atomic mass is 33.1. The average Bonchev–Trinajstić information content (AvgIpc) is 3.57. The highest BCUT2D eigenvalue weighted by Crippen LogP contribution is 2.20. The van der Waals surface area contributed by atoms with Crippen LogP contribution in [-0.2, 0) is 47.8 Å². The molecule has 4 N–H and O–H groups in total. The van der Waals surface area contributed by atoms with Gasteiger partial charge in [0.25, 0.3) is 11.8 Å². The molecule has 64 heavy (non-hydrogen) atoms. The predicted octanol–water partition coefficient (Wildman–Crippen LogP) is -2.36. The lowest BCUT2D eigenvalue weighted by Crippen LogP contribution is -2.54. The molecule has 0 saturated carbocycles. The summed E-state index contributed by atoms with van der Waals surface area (Å²) in [6.07, 6.45) is 0.912. The largest absolute Gasteiger partial charge is 0.480 e. The molecule has 26 heteroatoms. The first-order valence-electron chi connectivity index (χ1n) is 20.8. The van der Waals surface area contributed by atoms with Gasteiger partial charge in [-0.15, -0.1) is 0 Å². The average molecular weight is 948 g/mol. The number of amides is 6. The van der Waals surface area contributed by atoms with Gasteiger partial charge in [-0.2, -0.15) is 0 Å². The fourth-order valence-corrected chi connectivity index (χ4v) is 8.34. The van der Waals surface area contributed by atoms with Gasteiger partial charge in [-0.05, 0) is 0 Å². The Morgan fingerprint density at radius 1 is 0.609 bits per heavy atom. The number of hydrogen-bond donors (Lipinski definition) is 4. The van der Waals surface area contributed by atoms with Gasteiger partial charge in [0.15, 0.2) is 0 Å². The summed E-state index contributed by atoms with van der Waals surface area (Å²) < 4.78 is 15.4. The first-order valence-corrected chi connectivity index (χ1v) is 23.3. The number of aliphatic carboxylic acids is 3. The second kappa shape index (κ2) is 29.7. The van der Waals surface area contributed by atoms with E-state index in [0.717, 1.165) is 17.1 Å². The molecule has 0 aromatic rings. The van der Waals surface area contributed by atoms with E-state index in [-0.39, 0.29) is 156 Å². The summed E-state index contributed by atoms with van der Waals surface area (Å²) in [7, 11) is 4.35. The van der Waals surface area contributed by atoms with Crippen LogP contribution in [0, 0.1) is 0 Å². The SMILES string of the molecule is COCCNC(=O)OCCSSCCOC(=O)N(CCC(=O)N1CCN(C(=O)CN2CCN(CC(=O)O)CCN(CC(=O)O)CCN(CC(=O)O)CC2)CC1)CCN1C(=O)C=CC1=O. The Balaban J connectivity index is 1.50. The van der Waals surface area contributed by atoms with E-state index in [1.807, 2.05) is 4.90 Å². The van der Waals surface area contributed by atoms with Crippen molar-refractivity contribution in [1.82, 2.24) is 44.5 Å². The fourth-order valence-electron chi connectivity index (χ4n) is 6.68. The summed E-state index contributed by atoms with van der Waals surface area (Å²) in [6.45, 7) is 2.82. The maximum atomic E-state index is 13.6. The Kier molecular flexibility index (Phi) is 24.8. The van der Waals surface area contributed by atoms with E-state index in [1.165, 1.54) is 33.6 Å². The van der Waals surface area contributed by atoms with Gasteiger partial charge in [0.1, 0.15) is 13.2 Å². The number of hydrogen-bond acceptors (Lipinski definition) is 18. The zero-order valence-corrected chi connectivity index (χ0v) is 37.8. The summed E-state index contributed by atoms with van der Waals surface area (Å²) >= 11 is 0. The highest BCUT2D eigenvalue weighted by molar-refractivity contribution is 8.76. The molecular weight excluding hydrogens is 887 g/mol. The number of piperazine rings is 1. The topological polar surface area (TPSA) is 280 Å². The number of ether oxygens (including phenoxy) is 3. The zero-order valence-electron chi connectivity index (χ0n) is 36.2. The van der Waals surface area contributed by atoms with E-state index < -0.39 is 41.9 Å². The van der Waals surface area contributed by atoms with Crippen LogP contribution in [0.5, 0.6) is 0 Å². The van der Waals surface area contributed by atoms with Crippen LogP contribution in [-0.4, -0.2) is 278 Å².